The first-order chi connectivity index (χ1) is 14.8. The maximum absolute atomic E-state index is 12.9. The molecule has 0 fully saturated rings. The molecule has 0 unspecified atom stereocenters. The zero-order chi connectivity index (χ0) is 22.8. The molecule has 11 heteroatoms. The van der Waals surface area contributed by atoms with Gasteiger partial charge in [0.1, 0.15) is 12.2 Å². The first kappa shape index (κ1) is 23.8. The van der Waals surface area contributed by atoms with Crippen molar-refractivity contribution in [1.82, 2.24) is 5.43 Å². The second kappa shape index (κ2) is 11.6. The zero-order valence-corrected chi connectivity index (χ0v) is 18.2. The first-order valence-corrected chi connectivity index (χ1v) is 9.56. The monoisotopic (exact) mass is 495 g/mol. The van der Waals surface area contributed by atoms with Crippen molar-refractivity contribution in [2.45, 2.75) is 6.42 Å². The molecule has 0 atom stereocenters. The Balaban J connectivity index is 1.92. The van der Waals surface area contributed by atoms with E-state index in [4.69, 9.17) is 9.47 Å². The molecule has 0 spiro atoms. The Hall–Kier alpha value is -3.47. The number of carbonyl (C=O) groups is 3. The van der Waals surface area contributed by atoms with Crippen LogP contribution in [0, 0.1) is 5.82 Å². The summed E-state index contributed by atoms with van der Waals surface area (Å²) in [7, 11) is 2.67. The van der Waals surface area contributed by atoms with Crippen LogP contribution in [0.1, 0.15) is 12.0 Å². The summed E-state index contributed by atoms with van der Waals surface area (Å²) in [5, 5.41) is 6.27. The predicted octanol–water partition coefficient (Wildman–Crippen LogP) is 2.63. The van der Waals surface area contributed by atoms with E-state index in [1.807, 2.05) is 0 Å². The number of halogens is 2. The highest BCUT2D eigenvalue weighted by Gasteiger charge is 2.14. The molecule has 0 aliphatic carbocycles. The van der Waals surface area contributed by atoms with Crippen molar-refractivity contribution in [3.8, 4) is 11.5 Å². The molecule has 0 aromatic heterocycles. The number of nitrogens with zero attached hydrogens (tertiary/aromatic N) is 1. The molecule has 0 saturated heterocycles. The number of benzene rings is 2. The number of esters is 1. The lowest BCUT2D eigenvalue weighted by atomic mass is 10.2. The Morgan fingerprint density at radius 3 is 2.48 bits per heavy atom. The first-order valence-electron chi connectivity index (χ1n) is 8.77. The van der Waals surface area contributed by atoms with Gasteiger partial charge >= 0.3 is 5.97 Å². The fourth-order valence-electron chi connectivity index (χ4n) is 2.25. The third kappa shape index (κ3) is 7.70. The quantitative estimate of drug-likeness (QED) is 0.239. The van der Waals surface area contributed by atoms with Gasteiger partial charge in [-0.05, 0) is 57.9 Å². The normalized spacial score (nSPS) is 10.5. The molecule has 0 heterocycles. The van der Waals surface area contributed by atoms with Gasteiger partial charge in [0, 0.05) is 5.69 Å². The number of hydrazone groups is 1. The second-order valence-corrected chi connectivity index (χ2v) is 6.78. The van der Waals surface area contributed by atoms with E-state index in [0.717, 1.165) is 0 Å². The molecule has 9 nitrogen and oxygen atoms in total. The number of ether oxygens (including phenoxy) is 3. The van der Waals surface area contributed by atoms with E-state index in [0.29, 0.717) is 27.2 Å². The predicted molar refractivity (Wildman–Crippen MR) is 114 cm³/mol. The molecule has 0 aliphatic heterocycles. The van der Waals surface area contributed by atoms with Crippen LogP contribution in [0.5, 0.6) is 11.5 Å². The van der Waals surface area contributed by atoms with Crippen LogP contribution in [0.3, 0.4) is 0 Å². The average molecular weight is 496 g/mol. The van der Waals surface area contributed by atoms with E-state index in [2.05, 4.69) is 36.5 Å². The maximum Gasteiger partial charge on any atom is 0.343 e. The second-order valence-electron chi connectivity index (χ2n) is 5.92. The third-order valence-electron chi connectivity index (χ3n) is 3.67. The highest BCUT2D eigenvalue weighted by molar-refractivity contribution is 9.10. The van der Waals surface area contributed by atoms with Crippen LogP contribution in [0.2, 0.25) is 0 Å². The Morgan fingerprint density at radius 2 is 1.84 bits per heavy atom. The molecule has 164 valence electrons. The van der Waals surface area contributed by atoms with Gasteiger partial charge in [-0.15, -0.1) is 0 Å². The summed E-state index contributed by atoms with van der Waals surface area (Å²) < 4.78 is 28.5. The van der Waals surface area contributed by atoms with Crippen molar-refractivity contribution in [1.29, 1.82) is 0 Å². The Morgan fingerprint density at radius 1 is 1.13 bits per heavy atom. The van der Waals surface area contributed by atoms with Crippen molar-refractivity contribution in [2.75, 3.05) is 26.1 Å². The van der Waals surface area contributed by atoms with Gasteiger partial charge in [0.2, 0.25) is 11.8 Å². The Kier molecular flexibility index (Phi) is 8.94. The van der Waals surface area contributed by atoms with Crippen molar-refractivity contribution in [2.24, 2.45) is 5.10 Å². The molecule has 2 aromatic carbocycles. The minimum atomic E-state index is -0.639. The van der Waals surface area contributed by atoms with Gasteiger partial charge in [-0.2, -0.15) is 5.10 Å². The molecule has 31 heavy (non-hydrogen) atoms. The van der Waals surface area contributed by atoms with Crippen LogP contribution in [-0.4, -0.2) is 44.8 Å². The van der Waals surface area contributed by atoms with Crippen molar-refractivity contribution in [3.05, 3.63) is 52.3 Å². The topological polar surface area (TPSA) is 115 Å². The van der Waals surface area contributed by atoms with Crippen LogP contribution in [0.25, 0.3) is 0 Å². The number of hydrogen-bond acceptors (Lipinski definition) is 7. The minimum Gasteiger partial charge on any atom is -0.493 e. The lowest BCUT2D eigenvalue weighted by molar-refractivity contribution is -0.143. The smallest absolute Gasteiger partial charge is 0.343 e. The molecule has 0 aliphatic rings. The zero-order valence-electron chi connectivity index (χ0n) is 16.6. The summed E-state index contributed by atoms with van der Waals surface area (Å²) in [6, 6.07) is 8.36. The molecule has 0 radical (unpaired) electrons. The van der Waals surface area contributed by atoms with E-state index in [9.17, 15) is 18.8 Å². The molecule has 0 bridgehead atoms. The summed E-state index contributed by atoms with van der Waals surface area (Å²) in [4.78, 5) is 35.0. The highest BCUT2D eigenvalue weighted by Crippen LogP contribution is 2.36. The van der Waals surface area contributed by atoms with Crippen molar-refractivity contribution >= 4 is 45.6 Å². The summed E-state index contributed by atoms with van der Waals surface area (Å²) in [6.45, 7) is -0.297. The van der Waals surface area contributed by atoms with Gasteiger partial charge in [-0.3, -0.25) is 9.59 Å². The SMILES string of the molecule is COC(=O)COc1c(Br)cc(C=NNC(=O)CC(=O)Nc2ccc(F)cc2)cc1OC. The van der Waals surface area contributed by atoms with Crippen LogP contribution < -0.4 is 20.2 Å². The lowest BCUT2D eigenvalue weighted by Gasteiger charge is -2.12. The van der Waals surface area contributed by atoms with Gasteiger partial charge in [0.15, 0.2) is 18.1 Å². The molecule has 2 N–H and O–H groups in total. The largest absolute Gasteiger partial charge is 0.493 e. The van der Waals surface area contributed by atoms with E-state index in [1.54, 1.807) is 12.1 Å². The average Bonchev–Trinajstić information content (AvgIpc) is 2.73. The van der Waals surface area contributed by atoms with E-state index >= 15 is 0 Å². The third-order valence-corrected chi connectivity index (χ3v) is 4.25. The van der Waals surface area contributed by atoms with Gasteiger partial charge in [-0.1, -0.05) is 0 Å². The standard InChI is InChI=1S/C20H19BrFN3O6/c1-29-16-8-12(7-15(21)20(16)31-11-19(28)30-2)10-23-25-18(27)9-17(26)24-14-5-3-13(22)4-6-14/h3-8,10H,9,11H2,1-2H3,(H,24,26)(H,25,27). The van der Waals surface area contributed by atoms with Crippen LogP contribution in [-0.2, 0) is 19.1 Å². The number of amides is 2. The van der Waals surface area contributed by atoms with E-state index in [1.165, 1.54) is 44.7 Å². The van der Waals surface area contributed by atoms with Crippen molar-refractivity contribution in [3.63, 3.8) is 0 Å². The van der Waals surface area contributed by atoms with E-state index < -0.39 is 30.0 Å². The number of nitrogens with one attached hydrogen (secondary N) is 2. The lowest BCUT2D eigenvalue weighted by Crippen LogP contribution is -2.24. The number of hydrogen-bond donors (Lipinski definition) is 2. The molecule has 0 saturated carbocycles. The summed E-state index contributed by atoms with van der Waals surface area (Å²) >= 11 is 3.32. The molecular formula is C20H19BrFN3O6. The molecular weight excluding hydrogens is 477 g/mol. The van der Waals surface area contributed by atoms with Gasteiger partial charge < -0.3 is 19.5 Å². The number of carbonyl (C=O) groups excluding carboxylic acids is 3. The van der Waals surface area contributed by atoms with Crippen LogP contribution >= 0.6 is 15.9 Å². The van der Waals surface area contributed by atoms with Crippen LogP contribution in [0.15, 0.2) is 46.0 Å². The highest BCUT2D eigenvalue weighted by atomic mass is 79.9. The molecule has 2 amide bonds. The van der Waals surface area contributed by atoms with Crippen LogP contribution in [0.4, 0.5) is 10.1 Å². The number of rotatable bonds is 9. The van der Waals surface area contributed by atoms with Crippen molar-refractivity contribution < 1.29 is 33.0 Å². The van der Waals surface area contributed by atoms with Gasteiger partial charge in [0.25, 0.3) is 0 Å². The summed E-state index contributed by atoms with van der Waals surface area (Å²) in [5.41, 5.74) is 3.15. The summed E-state index contributed by atoms with van der Waals surface area (Å²) in [5.74, 6) is -1.57. The van der Waals surface area contributed by atoms with Gasteiger partial charge in [0.05, 0.1) is 24.9 Å². The summed E-state index contributed by atoms with van der Waals surface area (Å²) in [6.07, 6.45) is 0.870. The fourth-order valence-corrected chi connectivity index (χ4v) is 2.82. The number of methoxy groups -OCH3 is 2. The molecule has 2 rings (SSSR count). The fraction of sp³-hybridized carbons (Fsp3) is 0.200. The van der Waals surface area contributed by atoms with Gasteiger partial charge in [-0.25, -0.2) is 14.6 Å². The molecule has 2 aromatic rings. The maximum atomic E-state index is 12.9. The Labute approximate surface area is 185 Å². The Bertz CT molecular complexity index is 982. The van der Waals surface area contributed by atoms with E-state index in [-0.39, 0.29) is 6.61 Å². The number of anilines is 1. The minimum absolute atomic E-state index is 0.297.